The van der Waals surface area contributed by atoms with Gasteiger partial charge in [-0.05, 0) is 32.1 Å². The van der Waals surface area contributed by atoms with Crippen molar-refractivity contribution < 1.29 is 4.74 Å². The summed E-state index contributed by atoms with van der Waals surface area (Å²) >= 11 is 3.87. The molecule has 0 radical (unpaired) electrons. The van der Waals surface area contributed by atoms with Crippen LogP contribution in [0.1, 0.15) is 20.3 Å². The molecule has 4 atom stereocenters. The predicted octanol–water partition coefficient (Wildman–Crippen LogP) is 2.50. The molecule has 1 nitrogen and oxygen atoms in total. The summed E-state index contributed by atoms with van der Waals surface area (Å²) in [7, 11) is 0. The number of hydrogen-bond acceptors (Lipinski definition) is 1. The summed E-state index contributed by atoms with van der Waals surface area (Å²) in [6, 6.07) is 0. The van der Waals surface area contributed by atoms with Crippen LogP contribution in [-0.4, -0.2) is 16.0 Å². The van der Waals surface area contributed by atoms with Gasteiger partial charge in [0, 0.05) is 0 Å². The first kappa shape index (κ1) is 7.57. The highest BCUT2D eigenvalue weighted by Crippen LogP contribution is 2.70. The Bertz CT molecular complexity index is 271. The van der Waals surface area contributed by atoms with Crippen molar-refractivity contribution in [1.29, 1.82) is 0 Å². The second-order valence-corrected chi connectivity index (χ2v) is 6.00. The maximum Gasteiger partial charge on any atom is 0.0795 e. The second-order valence-electron chi connectivity index (χ2n) is 4.69. The first-order valence-corrected chi connectivity index (χ1v) is 5.40. The number of ether oxygens (including phenoxy) is 1. The van der Waals surface area contributed by atoms with Crippen LogP contribution in [0.2, 0.25) is 0 Å². The number of alkyl halides is 1. The van der Waals surface area contributed by atoms with Crippen LogP contribution in [0.5, 0.6) is 0 Å². The summed E-state index contributed by atoms with van der Waals surface area (Å²) in [5.41, 5.74) is 0.00868. The van der Waals surface area contributed by atoms with Gasteiger partial charge in [-0.3, -0.25) is 0 Å². The van der Waals surface area contributed by atoms with E-state index in [0.717, 1.165) is 11.8 Å². The fourth-order valence-electron chi connectivity index (χ4n) is 3.02. The first-order valence-electron chi connectivity index (χ1n) is 4.61. The molecule has 0 spiro atoms. The maximum absolute atomic E-state index is 5.99. The summed E-state index contributed by atoms with van der Waals surface area (Å²) in [5, 5.41) is 0. The minimum absolute atomic E-state index is 0.00868. The van der Waals surface area contributed by atoms with Gasteiger partial charge in [-0.15, -0.1) is 0 Å². The molecule has 0 amide bonds. The fraction of sp³-hybridized carbons (Fsp3) is 0.800. The maximum atomic E-state index is 5.99. The van der Waals surface area contributed by atoms with Crippen molar-refractivity contribution >= 4 is 15.9 Å². The molecule has 0 unspecified atom stereocenters. The molecular weight excluding hydrogens is 216 g/mol. The number of allylic oxidation sites excluding steroid dienone is 1. The Morgan fingerprint density at radius 3 is 2.92 bits per heavy atom. The molecule has 0 aromatic heterocycles. The average Bonchev–Trinajstić information content (AvgIpc) is 2.59. The Kier molecular flexibility index (Phi) is 1.15. The van der Waals surface area contributed by atoms with E-state index in [1.54, 1.807) is 0 Å². The molecule has 3 aliphatic rings. The summed E-state index contributed by atoms with van der Waals surface area (Å²) in [6.45, 7) is 4.40. The third-order valence-electron chi connectivity index (χ3n) is 3.74. The van der Waals surface area contributed by atoms with E-state index in [4.69, 9.17) is 4.74 Å². The highest BCUT2D eigenvalue weighted by atomic mass is 79.9. The van der Waals surface area contributed by atoms with Crippen molar-refractivity contribution in [2.45, 2.75) is 36.3 Å². The van der Waals surface area contributed by atoms with Gasteiger partial charge in [-0.25, -0.2) is 0 Å². The number of rotatable bonds is 0. The van der Waals surface area contributed by atoms with E-state index >= 15 is 0 Å². The lowest BCUT2D eigenvalue weighted by molar-refractivity contribution is -0.0821. The Morgan fingerprint density at radius 1 is 1.42 bits per heavy atom. The first-order chi connectivity index (χ1) is 5.56. The number of fused-ring (bicyclic) bond motifs is 2. The molecule has 1 heterocycles. The molecule has 0 aromatic rings. The van der Waals surface area contributed by atoms with E-state index in [-0.39, 0.29) is 9.93 Å². The van der Waals surface area contributed by atoms with Crippen LogP contribution in [0.3, 0.4) is 0 Å². The Hall–Kier alpha value is 0.180. The van der Waals surface area contributed by atoms with Crippen LogP contribution in [0, 0.1) is 11.8 Å². The molecular formula is C10H13BrO. The molecule has 0 aromatic carbocycles. The molecule has 66 valence electrons. The van der Waals surface area contributed by atoms with Gasteiger partial charge in [0.2, 0.25) is 0 Å². The van der Waals surface area contributed by atoms with Crippen LogP contribution in [0.4, 0.5) is 0 Å². The van der Waals surface area contributed by atoms with Crippen molar-refractivity contribution in [3.8, 4) is 0 Å². The molecule has 12 heavy (non-hydrogen) atoms. The Morgan fingerprint density at radius 2 is 2.17 bits per heavy atom. The molecule has 2 fully saturated rings. The van der Waals surface area contributed by atoms with Crippen LogP contribution in [0.15, 0.2) is 12.2 Å². The molecule has 0 N–H and O–H groups in total. The quantitative estimate of drug-likeness (QED) is 0.458. The van der Waals surface area contributed by atoms with Gasteiger partial charge in [0.15, 0.2) is 0 Å². The van der Waals surface area contributed by atoms with Gasteiger partial charge in [0.1, 0.15) is 0 Å². The Balaban J connectivity index is 2.09. The predicted molar refractivity (Wildman–Crippen MR) is 51.3 cm³/mol. The fourth-order valence-corrected chi connectivity index (χ4v) is 3.93. The number of hydrogen-bond donors (Lipinski definition) is 0. The molecule has 1 saturated heterocycles. The molecule has 2 aliphatic carbocycles. The zero-order chi connectivity index (χ0) is 8.56. The molecule has 3 rings (SSSR count). The van der Waals surface area contributed by atoms with E-state index in [1.165, 1.54) is 6.42 Å². The minimum Gasteiger partial charge on any atom is -0.367 e. The highest BCUT2D eigenvalue weighted by Gasteiger charge is 2.73. The summed E-state index contributed by atoms with van der Waals surface area (Å²) in [6.07, 6.45) is 6.17. The average molecular weight is 229 g/mol. The van der Waals surface area contributed by atoms with Gasteiger partial charge in [0.05, 0.1) is 16.0 Å². The lowest BCUT2D eigenvalue weighted by atomic mass is 9.95. The minimum atomic E-state index is 0.00868. The summed E-state index contributed by atoms with van der Waals surface area (Å²) in [4.78, 5) is 0. The summed E-state index contributed by atoms with van der Waals surface area (Å²) < 4.78 is 6.24. The van der Waals surface area contributed by atoms with Crippen LogP contribution >= 0.6 is 15.9 Å². The third-order valence-corrected chi connectivity index (χ3v) is 5.81. The van der Waals surface area contributed by atoms with E-state index < -0.39 is 0 Å². The van der Waals surface area contributed by atoms with E-state index in [9.17, 15) is 0 Å². The SMILES string of the molecule is CC1(C)O[C@@H]2C=C[C@H]3[C@H](C2)[C@]31Br. The third kappa shape index (κ3) is 0.621. The molecule has 1 aliphatic heterocycles. The molecule has 2 bridgehead atoms. The van der Waals surface area contributed by atoms with Crippen LogP contribution < -0.4 is 0 Å². The summed E-state index contributed by atoms with van der Waals surface area (Å²) in [5.74, 6) is 1.56. The van der Waals surface area contributed by atoms with Gasteiger partial charge < -0.3 is 4.74 Å². The smallest absolute Gasteiger partial charge is 0.0795 e. The highest BCUT2D eigenvalue weighted by molar-refractivity contribution is 9.10. The van der Waals surface area contributed by atoms with E-state index in [0.29, 0.717) is 6.10 Å². The normalized spacial score (nSPS) is 58.4. The van der Waals surface area contributed by atoms with Crippen molar-refractivity contribution in [3.63, 3.8) is 0 Å². The van der Waals surface area contributed by atoms with Crippen LogP contribution in [-0.2, 0) is 4.74 Å². The van der Waals surface area contributed by atoms with E-state index in [2.05, 4.69) is 41.9 Å². The van der Waals surface area contributed by atoms with Crippen molar-refractivity contribution in [1.82, 2.24) is 0 Å². The van der Waals surface area contributed by atoms with Gasteiger partial charge in [-0.1, -0.05) is 28.1 Å². The van der Waals surface area contributed by atoms with Gasteiger partial charge in [0.25, 0.3) is 0 Å². The Labute approximate surface area is 81.3 Å². The second kappa shape index (κ2) is 1.83. The zero-order valence-electron chi connectivity index (χ0n) is 7.38. The molecule has 2 heteroatoms. The largest absolute Gasteiger partial charge is 0.367 e. The van der Waals surface area contributed by atoms with Crippen LogP contribution in [0.25, 0.3) is 0 Å². The topological polar surface area (TPSA) is 9.23 Å². The lowest BCUT2D eigenvalue weighted by Crippen LogP contribution is -2.45. The lowest BCUT2D eigenvalue weighted by Gasteiger charge is -2.38. The zero-order valence-corrected chi connectivity index (χ0v) is 8.97. The van der Waals surface area contributed by atoms with Crippen molar-refractivity contribution in [2.24, 2.45) is 11.8 Å². The van der Waals surface area contributed by atoms with Gasteiger partial charge >= 0.3 is 0 Å². The van der Waals surface area contributed by atoms with Crippen molar-refractivity contribution in [3.05, 3.63) is 12.2 Å². The van der Waals surface area contributed by atoms with Gasteiger partial charge in [-0.2, -0.15) is 0 Å². The number of halogens is 1. The monoisotopic (exact) mass is 228 g/mol. The van der Waals surface area contributed by atoms with Crippen molar-refractivity contribution in [2.75, 3.05) is 0 Å². The standard InChI is InChI=1S/C10H13BrO/c1-9(2)10(11)7-4-3-6(12-9)5-8(7)10/h3-4,6-8H,5H2,1-2H3/t6-,7+,8+,10-/m1/s1. The van der Waals surface area contributed by atoms with E-state index in [1.807, 2.05) is 0 Å². The molecule has 1 saturated carbocycles.